The summed E-state index contributed by atoms with van der Waals surface area (Å²) in [6.45, 7) is 5.78. The monoisotopic (exact) mass is 188 g/mol. The van der Waals surface area contributed by atoms with E-state index >= 15 is 0 Å². The van der Waals surface area contributed by atoms with Gasteiger partial charge in [0, 0.05) is 19.1 Å². The standard InChI is InChI=1S/C10H21FN2/c1-2-6-12-10-4-3-7-13(9-10)8-5-11/h10,12H,2-9H2,1H3. The van der Waals surface area contributed by atoms with Crippen LogP contribution in [0.15, 0.2) is 0 Å². The number of halogens is 1. The minimum absolute atomic E-state index is 0.208. The molecule has 0 amide bonds. The predicted molar refractivity (Wildman–Crippen MR) is 53.7 cm³/mol. The zero-order valence-electron chi connectivity index (χ0n) is 8.56. The van der Waals surface area contributed by atoms with Gasteiger partial charge in [-0.2, -0.15) is 0 Å². The quantitative estimate of drug-likeness (QED) is 0.702. The number of hydrogen-bond donors (Lipinski definition) is 1. The Morgan fingerprint density at radius 2 is 2.38 bits per heavy atom. The van der Waals surface area contributed by atoms with Crippen LogP contribution in [0.1, 0.15) is 26.2 Å². The normalized spacial score (nSPS) is 24.9. The summed E-state index contributed by atoms with van der Waals surface area (Å²) >= 11 is 0. The topological polar surface area (TPSA) is 15.3 Å². The molecule has 1 atom stereocenters. The first-order chi connectivity index (χ1) is 6.36. The van der Waals surface area contributed by atoms with E-state index in [9.17, 15) is 4.39 Å². The van der Waals surface area contributed by atoms with Gasteiger partial charge in [-0.15, -0.1) is 0 Å². The average molecular weight is 188 g/mol. The third-order valence-corrected chi connectivity index (χ3v) is 2.59. The summed E-state index contributed by atoms with van der Waals surface area (Å²) in [5, 5.41) is 3.50. The van der Waals surface area contributed by atoms with E-state index in [4.69, 9.17) is 0 Å². The molecule has 1 aliphatic rings. The Kier molecular flexibility index (Phi) is 5.32. The summed E-state index contributed by atoms with van der Waals surface area (Å²) in [5.41, 5.74) is 0. The molecule has 3 heteroatoms. The van der Waals surface area contributed by atoms with Crippen molar-refractivity contribution in [1.82, 2.24) is 10.2 Å². The molecule has 2 nitrogen and oxygen atoms in total. The second kappa shape index (κ2) is 6.33. The van der Waals surface area contributed by atoms with Crippen molar-refractivity contribution in [2.75, 3.05) is 32.9 Å². The summed E-state index contributed by atoms with van der Waals surface area (Å²) in [6, 6.07) is 0.597. The lowest BCUT2D eigenvalue weighted by Gasteiger charge is -2.32. The van der Waals surface area contributed by atoms with Crippen molar-refractivity contribution in [1.29, 1.82) is 0 Å². The molecule has 1 unspecified atom stereocenters. The van der Waals surface area contributed by atoms with Crippen LogP contribution in [0.5, 0.6) is 0 Å². The second-order valence-corrected chi connectivity index (χ2v) is 3.78. The predicted octanol–water partition coefficient (Wildman–Crippen LogP) is 1.42. The highest BCUT2D eigenvalue weighted by atomic mass is 19.1. The van der Waals surface area contributed by atoms with Crippen LogP contribution in [0.4, 0.5) is 4.39 Å². The van der Waals surface area contributed by atoms with Gasteiger partial charge >= 0.3 is 0 Å². The lowest BCUT2D eigenvalue weighted by atomic mass is 10.1. The van der Waals surface area contributed by atoms with Crippen LogP contribution in [0.3, 0.4) is 0 Å². The molecule has 1 aliphatic heterocycles. The Labute approximate surface area is 80.5 Å². The summed E-state index contributed by atoms with van der Waals surface area (Å²) in [4.78, 5) is 2.22. The number of rotatable bonds is 5. The highest BCUT2D eigenvalue weighted by molar-refractivity contribution is 4.77. The molecule has 0 aromatic carbocycles. The molecular weight excluding hydrogens is 167 g/mol. The summed E-state index contributed by atoms with van der Waals surface area (Å²) < 4.78 is 12.1. The van der Waals surface area contributed by atoms with Crippen molar-refractivity contribution in [2.24, 2.45) is 0 Å². The van der Waals surface area contributed by atoms with Gasteiger partial charge in [0.25, 0.3) is 0 Å². The van der Waals surface area contributed by atoms with E-state index in [-0.39, 0.29) is 6.67 Å². The fraction of sp³-hybridized carbons (Fsp3) is 1.00. The zero-order chi connectivity index (χ0) is 9.52. The van der Waals surface area contributed by atoms with Crippen LogP contribution in [0.25, 0.3) is 0 Å². The number of nitrogens with one attached hydrogen (secondary N) is 1. The maximum atomic E-state index is 12.1. The van der Waals surface area contributed by atoms with Crippen LogP contribution in [0.2, 0.25) is 0 Å². The fourth-order valence-corrected chi connectivity index (χ4v) is 1.89. The number of nitrogens with zero attached hydrogens (tertiary/aromatic N) is 1. The smallest absolute Gasteiger partial charge is 0.102 e. The molecule has 0 aromatic rings. The maximum absolute atomic E-state index is 12.1. The Hall–Kier alpha value is -0.150. The van der Waals surface area contributed by atoms with Gasteiger partial charge < -0.3 is 5.32 Å². The Morgan fingerprint density at radius 1 is 1.54 bits per heavy atom. The molecule has 1 heterocycles. The molecule has 0 saturated carbocycles. The van der Waals surface area contributed by atoms with Gasteiger partial charge in [-0.1, -0.05) is 6.92 Å². The van der Waals surface area contributed by atoms with Crippen molar-refractivity contribution in [2.45, 2.75) is 32.2 Å². The first kappa shape index (κ1) is 10.9. The molecule has 1 saturated heterocycles. The molecule has 1 rings (SSSR count). The van der Waals surface area contributed by atoms with Crippen LogP contribution in [0, 0.1) is 0 Å². The summed E-state index contributed by atoms with van der Waals surface area (Å²) in [6.07, 6.45) is 3.64. The van der Waals surface area contributed by atoms with Crippen LogP contribution in [-0.2, 0) is 0 Å². The summed E-state index contributed by atoms with van der Waals surface area (Å²) in [7, 11) is 0. The largest absolute Gasteiger partial charge is 0.313 e. The van der Waals surface area contributed by atoms with Crippen LogP contribution < -0.4 is 5.32 Å². The van der Waals surface area contributed by atoms with Gasteiger partial charge in [0.15, 0.2) is 0 Å². The zero-order valence-corrected chi connectivity index (χ0v) is 8.56. The Bertz CT molecular complexity index is 128. The van der Waals surface area contributed by atoms with Gasteiger partial charge in [0.1, 0.15) is 6.67 Å². The molecule has 13 heavy (non-hydrogen) atoms. The SMILES string of the molecule is CCCNC1CCCN(CCF)C1. The van der Waals surface area contributed by atoms with Gasteiger partial charge in [-0.25, -0.2) is 4.39 Å². The first-order valence-electron chi connectivity index (χ1n) is 5.38. The van der Waals surface area contributed by atoms with Gasteiger partial charge in [-0.05, 0) is 32.4 Å². The molecule has 1 N–H and O–H groups in total. The molecule has 0 spiro atoms. The number of alkyl halides is 1. The highest BCUT2D eigenvalue weighted by Crippen LogP contribution is 2.09. The number of likely N-dealkylation sites (tertiary alicyclic amines) is 1. The first-order valence-corrected chi connectivity index (χ1v) is 5.38. The average Bonchev–Trinajstić information content (AvgIpc) is 2.16. The second-order valence-electron chi connectivity index (χ2n) is 3.78. The van der Waals surface area contributed by atoms with Gasteiger partial charge in [0.05, 0.1) is 0 Å². The van der Waals surface area contributed by atoms with E-state index in [0.29, 0.717) is 12.6 Å². The molecule has 0 radical (unpaired) electrons. The Balaban J connectivity index is 2.16. The maximum Gasteiger partial charge on any atom is 0.102 e. The van der Waals surface area contributed by atoms with E-state index in [1.54, 1.807) is 0 Å². The van der Waals surface area contributed by atoms with E-state index in [1.807, 2.05) is 0 Å². The number of hydrogen-bond acceptors (Lipinski definition) is 2. The van der Waals surface area contributed by atoms with Crippen molar-refractivity contribution in [3.63, 3.8) is 0 Å². The van der Waals surface area contributed by atoms with Crippen LogP contribution in [-0.4, -0.2) is 43.8 Å². The molecule has 78 valence electrons. The Morgan fingerprint density at radius 3 is 3.08 bits per heavy atom. The van der Waals surface area contributed by atoms with E-state index in [0.717, 1.165) is 19.6 Å². The highest BCUT2D eigenvalue weighted by Gasteiger charge is 2.18. The lowest BCUT2D eigenvalue weighted by Crippen LogP contribution is -2.46. The number of piperidine rings is 1. The third-order valence-electron chi connectivity index (χ3n) is 2.59. The minimum Gasteiger partial charge on any atom is -0.313 e. The molecule has 0 bridgehead atoms. The van der Waals surface area contributed by atoms with Crippen molar-refractivity contribution in [3.05, 3.63) is 0 Å². The fourth-order valence-electron chi connectivity index (χ4n) is 1.89. The van der Waals surface area contributed by atoms with Gasteiger partial charge in [-0.3, -0.25) is 4.90 Å². The molecule has 1 fully saturated rings. The van der Waals surface area contributed by atoms with E-state index in [2.05, 4.69) is 17.1 Å². The van der Waals surface area contributed by atoms with E-state index in [1.165, 1.54) is 19.3 Å². The lowest BCUT2D eigenvalue weighted by molar-refractivity contribution is 0.178. The van der Waals surface area contributed by atoms with Crippen molar-refractivity contribution in [3.8, 4) is 0 Å². The van der Waals surface area contributed by atoms with Crippen LogP contribution >= 0.6 is 0 Å². The van der Waals surface area contributed by atoms with E-state index < -0.39 is 0 Å². The van der Waals surface area contributed by atoms with Crippen molar-refractivity contribution < 1.29 is 4.39 Å². The van der Waals surface area contributed by atoms with Gasteiger partial charge in [0.2, 0.25) is 0 Å². The third kappa shape index (κ3) is 4.05. The molecule has 0 aromatic heterocycles. The molecular formula is C10H21FN2. The van der Waals surface area contributed by atoms with Crippen molar-refractivity contribution >= 4 is 0 Å². The minimum atomic E-state index is -0.208. The summed E-state index contributed by atoms with van der Waals surface area (Å²) in [5.74, 6) is 0. The molecule has 0 aliphatic carbocycles.